The van der Waals surface area contributed by atoms with Crippen molar-refractivity contribution >= 4 is 21.8 Å². The predicted octanol–water partition coefficient (Wildman–Crippen LogP) is 3.08. The largest absolute Gasteiger partial charge is 0.383 e. The Kier molecular flexibility index (Phi) is 6.99. The van der Waals surface area contributed by atoms with E-state index >= 15 is 0 Å². The molecule has 0 unspecified atom stereocenters. The first-order valence-electron chi connectivity index (χ1n) is 9.39. The number of sulfonamides is 1. The maximum absolute atomic E-state index is 12.4. The summed E-state index contributed by atoms with van der Waals surface area (Å²) in [7, 11) is -2.17. The van der Waals surface area contributed by atoms with Crippen LogP contribution in [0.4, 0.5) is 5.88 Å². The summed E-state index contributed by atoms with van der Waals surface area (Å²) in [6.45, 7) is 2.51. The molecule has 0 bridgehead atoms. The maximum Gasteiger partial charge on any atom is 0.258 e. The van der Waals surface area contributed by atoms with Gasteiger partial charge in [-0.05, 0) is 36.2 Å². The summed E-state index contributed by atoms with van der Waals surface area (Å²) in [4.78, 5) is 12.5. The average molecular weight is 429 g/mol. The summed E-state index contributed by atoms with van der Waals surface area (Å²) in [5.41, 5.74) is 3.00. The Hall–Kier alpha value is -3.01. The van der Waals surface area contributed by atoms with Gasteiger partial charge < -0.3 is 9.26 Å². The van der Waals surface area contributed by atoms with Gasteiger partial charge in [-0.3, -0.25) is 10.1 Å². The van der Waals surface area contributed by atoms with Crippen LogP contribution in [0.1, 0.15) is 22.8 Å². The molecule has 2 N–H and O–H groups in total. The van der Waals surface area contributed by atoms with Crippen molar-refractivity contribution in [3.63, 3.8) is 0 Å². The summed E-state index contributed by atoms with van der Waals surface area (Å²) in [6.07, 6.45) is 0.948. The van der Waals surface area contributed by atoms with Crippen LogP contribution in [0.5, 0.6) is 0 Å². The van der Waals surface area contributed by atoms with Crippen molar-refractivity contribution in [2.45, 2.75) is 18.2 Å². The molecule has 0 aliphatic carbocycles. The first-order valence-corrected chi connectivity index (χ1v) is 10.9. The SMILES string of the molecule is CCc1ccc(-c2cc(NC(=O)c3ccc(S(=O)(=O)NCCOC)cc3)on2)cc1. The van der Waals surface area contributed by atoms with E-state index in [1.54, 1.807) is 6.07 Å². The van der Waals surface area contributed by atoms with Crippen LogP contribution in [-0.4, -0.2) is 39.7 Å². The molecule has 1 aromatic heterocycles. The van der Waals surface area contributed by atoms with E-state index < -0.39 is 15.9 Å². The minimum atomic E-state index is -3.66. The van der Waals surface area contributed by atoms with Gasteiger partial charge in [0.2, 0.25) is 15.9 Å². The molecule has 9 heteroatoms. The third-order valence-corrected chi connectivity index (χ3v) is 5.91. The fourth-order valence-electron chi connectivity index (χ4n) is 2.71. The second-order valence-electron chi connectivity index (χ2n) is 6.50. The normalized spacial score (nSPS) is 11.4. The molecule has 0 aliphatic heterocycles. The maximum atomic E-state index is 12.4. The Labute approximate surface area is 175 Å². The van der Waals surface area contributed by atoms with Crippen LogP contribution in [0.25, 0.3) is 11.3 Å². The van der Waals surface area contributed by atoms with Crippen LogP contribution >= 0.6 is 0 Å². The van der Waals surface area contributed by atoms with Gasteiger partial charge in [0, 0.05) is 30.8 Å². The van der Waals surface area contributed by atoms with E-state index in [0.717, 1.165) is 12.0 Å². The summed E-state index contributed by atoms with van der Waals surface area (Å²) in [5.74, 6) is -0.234. The van der Waals surface area contributed by atoms with E-state index in [4.69, 9.17) is 9.26 Å². The molecule has 0 saturated heterocycles. The van der Waals surface area contributed by atoms with Crippen LogP contribution in [-0.2, 0) is 21.2 Å². The van der Waals surface area contributed by atoms with Gasteiger partial charge in [-0.15, -0.1) is 0 Å². The minimum Gasteiger partial charge on any atom is -0.383 e. The topological polar surface area (TPSA) is 111 Å². The summed E-state index contributed by atoms with van der Waals surface area (Å²) < 4.78 is 36.8. The van der Waals surface area contributed by atoms with Gasteiger partial charge in [-0.1, -0.05) is 36.3 Å². The zero-order valence-corrected chi connectivity index (χ0v) is 17.5. The van der Waals surface area contributed by atoms with E-state index in [2.05, 4.69) is 22.1 Å². The fraction of sp³-hybridized carbons (Fsp3) is 0.238. The Morgan fingerprint density at radius 1 is 1.10 bits per heavy atom. The number of ether oxygens (including phenoxy) is 1. The molecule has 0 atom stereocenters. The number of carbonyl (C=O) groups is 1. The van der Waals surface area contributed by atoms with E-state index in [1.807, 2.05) is 24.3 Å². The van der Waals surface area contributed by atoms with Crippen LogP contribution < -0.4 is 10.0 Å². The van der Waals surface area contributed by atoms with Crippen molar-refractivity contribution in [2.24, 2.45) is 0 Å². The molecule has 0 spiro atoms. The van der Waals surface area contributed by atoms with Crippen molar-refractivity contribution in [1.82, 2.24) is 9.88 Å². The van der Waals surface area contributed by atoms with E-state index in [9.17, 15) is 13.2 Å². The quantitative estimate of drug-likeness (QED) is 0.506. The lowest BCUT2D eigenvalue weighted by molar-refractivity contribution is 0.102. The molecule has 0 saturated carbocycles. The fourth-order valence-corrected chi connectivity index (χ4v) is 3.73. The number of carbonyl (C=O) groups excluding carboxylic acids is 1. The van der Waals surface area contributed by atoms with Crippen LogP contribution in [0.3, 0.4) is 0 Å². The van der Waals surface area contributed by atoms with Crippen molar-refractivity contribution in [1.29, 1.82) is 0 Å². The van der Waals surface area contributed by atoms with Gasteiger partial charge in [0.25, 0.3) is 5.91 Å². The number of benzene rings is 2. The van der Waals surface area contributed by atoms with Crippen LogP contribution in [0.15, 0.2) is 64.0 Å². The highest BCUT2D eigenvalue weighted by atomic mass is 32.2. The van der Waals surface area contributed by atoms with E-state index in [-0.39, 0.29) is 29.5 Å². The number of anilines is 1. The number of rotatable bonds is 9. The highest BCUT2D eigenvalue weighted by Crippen LogP contribution is 2.23. The summed E-state index contributed by atoms with van der Waals surface area (Å²) in [6, 6.07) is 15.2. The van der Waals surface area contributed by atoms with Crippen molar-refractivity contribution in [3.8, 4) is 11.3 Å². The van der Waals surface area contributed by atoms with Crippen LogP contribution in [0.2, 0.25) is 0 Å². The molecule has 0 aliphatic rings. The number of nitrogens with one attached hydrogen (secondary N) is 2. The molecule has 8 nitrogen and oxygen atoms in total. The molecular formula is C21H23N3O5S. The third kappa shape index (κ3) is 5.32. The molecule has 0 radical (unpaired) electrons. The number of hydrogen-bond acceptors (Lipinski definition) is 6. The first kappa shape index (κ1) is 21.7. The molecule has 3 aromatic rings. The Morgan fingerprint density at radius 2 is 1.80 bits per heavy atom. The summed E-state index contributed by atoms with van der Waals surface area (Å²) >= 11 is 0. The monoisotopic (exact) mass is 429 g/mol. The van der Waals surface area contributed by atoms with Crippen molar-refractivity contribution < 1.29 is 22.5 Å². The smallest absolute Gasteiger partial charge is 0.258 e. The Balaban J connectivity index is 1.65. The van der Waals surface area contributed by atoms with E-state index in [0.29, 0.717) is 5.69 Å². The average Bonchev–Trinajstić information content (AvgIpc) is 3.22. The molecule has 158 valence electrons. The van der Waals surface area contributed by atoms with E-state index in [1.165, 1.54) is 36.9 Å². The number of hydrogen-bond donors (Lipinski definition) is 2. The lowest BCUT2D eigenvalue weighted by atomic mass is 10.1. The van der Waals surface area contributed by atoms with Gasteiger partial charge >= 0.3 is 0 Å². The Bertz CT molecular complexity index is 1090. The van der Waals surface area contributed by atoms with Gasteiger partial charge in [-0.25, -0.2) is 13.1 Å². The zero-order chi connectivity index (χ0) is 21.6. The van der Waals surface area contributed by atoms with Crippen molar-refractivity contribution in [3.05, 3.63) is 65.7 Å². The standard InChI is InChI=1S/C21H23N3O5S/c1-3-15-4-6-16(7-5-15)19-14-20(29-24-19)23-21(25)17-8-10-18(11-9-17)30(26,27)22-12-13-28-2/h4-11,14,22H,3,12-13H2,1-2H3,(H,23,25). The van der Waals surface area contributed by atoms with Crippen LogP contribution in [0, 0.1) is 0 Å². The molecule has 1 amide bonds. The second-order valence-corrected chi connectivity index (χ2v) is 8.26. The Morgan fingerprint density at radius 3 is 2.43 bits per heavy atom. The highest BCUT2D eigenvalue weighted by Gasteiger charge is 2.16. The molecule has 0 fully saturated rings. The minimum absolute atomic E-state index is 0.0626. The van der Waals surface area contributed by atoms with Gasteiger partial charge in [0.1, 0.15) is 5.69 Å². The molecule has 3 rings (SSSR count). The van der Waals surface area contributed by atoms with Crippen molar-refractivity contribution in [2.75, 3.05) is 25.6 Å². The van der Waals surface area contributed by atoms with Gasteiger partial charge in [-0.2, -0.15) is 0 Å². The lowest BCUT2D eigenvalue weighted by Gasteiger charge is -2.07. The molecule has 30 heavy (non-hydrogen) atoms. The number of aromatic nitrogens is 1. The lowest BCUT2D eigenvalue weighted by Crippen LogP contribution is -2.27. The van der Waals surface area contributed by atoms with Gasteiger partial charge in [0.05, 0.1) is 11.5 Å². The molecular weight excluding hydrogens is 406 g/mol. The second kappa shape index (κ2) is 9.66. The predicted molar refractivity (Wildman–Crippen MR) is 113 cm³/mol. The molecule has 2 aromatic carbocycles. The number of amides is 1. The molecule has 1 heterocycles. The van der Waals surface area contributed by atoms with Gasteiger partial charge in [0.15, 0.2) is 0 Å². The summed E-state index contributed by atoms with van der Waals surface area (Å²) in [5, 5.41) is 6.60. The first-order chi connectivity index (χ1) is 14.4. The third-order valence-electron chi connectivity index (χ3n) is 4.43. The number of methoxy groups -OCH3 is 1. The number of aryl methyl sites for hydroxylation is 1. The zero-order valence-electron chi connectivity index (χ0n) is 16.7. The number of nitrogens with zero attached hydrogens (tertiary/aromatic N) is 1. The highest BCUT2D eigenvalue weighted by molar-refractivity contribution is 7.89.